The van der Waals surface area contributed by atoms with E-state index in [1.54, 1.807) is 4.68 Å². The molecule has 1 unspecified atom stereocenters. The van der Waals surface area contributed by atoms with Gasteiger partial charge in [-0.2, -0.15) is 4.98 Å². The van der Waals surface area contributed by atoms with E-state index in [1.807, 2.05) is 107 Å². The number of rotatable bonds is 11. The number of fused-ring (bicyclic) bond motifs is 1. The number of anilines is 2. The molecule has 1 aliphatic heterocycles. The molecule has 0 saturated carbocycles. The van der Waals surface area contributed by atoms with Gasteiger partial charge in [-0.05, 0) is 102 Å². The molecule has 8 nitrogen and oxygen atoms in total. The SMILES string of the molecule is CCOc1cc(C2C(C(=O)Nc3ccc(C)cc3C)=C(C)Nc3nc(SCc4ccccc4Cl)nn32)cc(Br)c1OCc1cccc(Br)c1. The Kier molecular flexibility index (Phi) is 11.0. The fourth-order valence-electron chi connectivity index (χ4n) is 5.63. The van der Waals surface area contributed by atoms with Crippen LogP contribution in [0.1, 0.15) is 47.7 Å². The molecule has 2 N–H and O–H groups in total. The summed E-state index contributed by atoms with van der Waals surface area (Å²) in [6.07, 6.45) is 0. The normalized spacial score (nSPS) is 13.9. The van der Waals surface area contributed by atoms with E-state index in [0.29, 0.717) is 62.3 Å². The zero-order chi connectivity index (χ0) is 34.7. The molecule has 1 aliphatic rings. The van der Waals surface area contributed by atoms with Crippen LogP contribution in [0.4, 0.5) is 11.6 Å². The number of thioether (sulfide) groups is 1. The molecule has 0 spiro atoms. The van der Waals surface area contributed by atoms with E-state index in [9.17, 15) is 4.79 Å². The van der Waals surface area contributed by atoms with Crippen LogP contribution in [0.5, 0.6) is 11.5 Å². The summed E-state index contributed by atoms with van der Waals surface area (Å²) in [5.41, 5.74) is 6.75. The lowest BCUT2D eigenvalue weighted by atomic mass is 9.94. The van der Waals surface area contributed by atoms with E-state index >= 15 is 0 Å². The van der Waals surface area contributed by atoms with Gasteiger partial charge in [0, 0.05) is 26.6 Å². The number of aryl methyl sites for hydroxylation is 2. The Morgan fingerprint density at radius 3 is 2.59 bits per heavy atom. The lowest BCUT2D eigenvalue weighted by Crippen LogP contribution is -2.31. The quantitative estimate of drug-likeness (QED) is 0.128. The lowest BCUT2D eigenvalue weighted by Gasteiger charge is -2.29. The molecule has 0 fully saturated rings. The predicted octanol–water partition coefficient (Wildman–Crippen LogP) is 10.3. The first kappa shape index (κ1) is 35.1. The molecule has 0 aliphatic carbocycles. The Morgan fingerprint density at radius 1 is 1.02 bits per heavy atom. The number of hydrogen-bond acceptors (Lipinski definition) is 7. The number of allylic oxidation sites excluding steroid dienone is 1. The van der Waals surface area contributed by atoms with Crippen molar-refractivity contribution in [1.29, 1.82) is 0 Å². The average Bonchev–Trinajstić information content (AvgIpc) is 3.47. The van der Waals surface area contributed by atoms with Crippen LogP contribution in [-0.4, -0.2) is 27.3 Å². The highest BCUT2D eigenvalue weighted by molar-refractivity contribution is 9.10. The molecule has 0 saturated heterocycles. The van der Waals surface area contributed by atoms with E-state index < -0.39 is 6.04 Å². The van der Waals surface area contributed by atoms with Gasteiger partial charge in [-0.1, -0.05) is 87.3 Å². The molecular formula is C37H34Br2ClN5O3S. The van der Waals surface area contributed by atoms with Crippen LogP contribution in [0.2, 0.25) is 5.02 Å². The fourth-order valence-corrected chi connectivity index (χ4v) is 7.76. The summed E-state index contributed by atoms with van der Waals surface area (Å²) in [6, 6.07) is 24.9. The van der Waals surface area contributed by atoms with Crippen molar-refractivity contribution in [2.45, 2.75) is 51.3 Å². The third-order valence-electron chi connectivity index (χ3n) is 7.94. The van der Waals surface area contributed by atoms with Crippen molar-refractivity contribution in [3.05, 3.63) is 132 Å². The van der Waals surface area contributed by atoms with Gasteiger partial charge < -0.3 is 20.1 Å². The van der Waals surface area contributed by atoms with Crippen molar-refractivity contribution in [2.24, 2.45) is 0 Å². The van der Waals surface area contributed by atoms with Crippen LogP contribution in [0, 0.1) is 13.8 Å². The van der Waals surface area contributed by atoms with Crippen LogP contribution in [0.25, 0.3) is 0 Å². The van der Waals surface area contributed by atoms with Gasteiger partial charge in [0.1, 0.15) is 12.6 Å². The van der Waals surface area contributed by atoms with E-state index in [1.165, 1.54) is 11.8 Å². The van der Waals surface area contributed by atoms with Gasteiger partial charge in [0.25, 0.3) is 5.91 Å². The maximum atomic E-state index is 14.3. The monoisotopic (exact) mass is 821 g/mol. The van der Waals surface area contributed by atoms with E-state index in [4.69, 9.17) is 31.2 Å². The maximum absolute atomic E-state index is 14.3. The zero-order valence-corrected chi connectivity index (χ0v) is 32.1. The van der Waals surface area contributed by atoms with Crippen LogP contribution in [0.15, 0.2) is 104 Å². The molecule has 4 aromatic carbocycles. The van der Waals surface area contributed by atoms with Crippen molar-refractivity contribution < 1.29 is 14.3 Å². The Balaban J connectivity index is 1.40. The number of ether oxygens (including phenoxy) is 2. The molecule has 1 aromatic heterocycles. The fraction of sp³-hybridized carbons (Fsp3) is 0.216. The van der Waals surface area contributed by atoms with Gasteiger partial charge >= 0.3 is 0 Å². The Morgan fingerprint density at radius 2 is 1.84 bits per heavy atom. The molecule has 49 heavy (non-hydrogen) atoms. The number of aromatic nitrogens is 3. The Labute approximate surface area is 311 Å². The van der Waals surface area contributed by atoms with Crippen LogP contribution < -0.4 is 20.1 Å². The van der Waals surface area contributed by atoms with E-state index in [2.05, 4.69) is 42.5 Å². The number of hydrogen-bond donors (Lipinski definition) is 2. The third-order valence-corrected chi connectivity index (χ3v) is 10.3. The molecule has 12 heteroatoms. The van der Waals surface area contributed by atoms with E-state index in [-0.39, 0.29) is 5.91 Å². The molecule has 1 atom stereocenters. The number of carbonyl (C=O) groups excluding carboxylic acids is 1. The maximum Gasteiger partial charge on any atom is 0.255 e. The standard InChI is InChI=1S/C37H34Br2ClN5O3S/c1-5-47-31-18-26(17-28(39)34(31)48-19-24-9-8-11-27(38)16-24)33-32(35(46)42-30-14-13-21(2)15-22(30)3)23(4)41-36-43-37(44-45(33)36)49-20-25-10-6-7-12-29(25)40/h6-18,33H,5,19-20H2,1-4H3,(H,42,46)(H,41,43,44). The van der Waals surface area contributed by atoms with E-state index in [0.717, 1.165) is 38.0 Å². The summed E-state index contributed by atoms with van der Waals surface area (Å²) in [5.74, 6) is 1.97. The summed E-state index contributed by atoms with van der Waals surface area (Å²) in [5, 5.41) is 12.6. The smallest absolute Gasteiger partial charge is 0.255 e. The van der Waals surface area contributed by atoms with Crippen LogP contribution >= 0.6 is 55.2 Å². The Hall–Kier alpha value is -3.77. The second-order valence-electron chi connectivity index (χ2n) is 11.6. The second kappa shape index (κ2) is 15.4. The second-order valence-corrected chi connectivity index (χ2v) is 14.7. The van der Waals surface area contributed by atoms with Gasteiger partial charge in [-0.15, -0.1) is 5.10 Å². The first-order valence-electron chi connectivity index (χ1n) is 15.6. The van der Waals surface area contributed by atoms with Crippen molar-refractivity contribution in [3.63, 3.8) is 0 Å². The highest BCUT2D eigenvalue weighted by Gasteiger charge is 2.36. The predicted molar refractivity (Wildman–Crippen MR) is 204 cm³/mol. The highest BCUT2D eigenvalue weighted by Crippen LogP contribution is 2.44. The van der Waals surface area contributed by atoms with Crippen molar-refractivity contribution in [2.75, 3.05) is 17.2 Å². The minimum Gasteiger partial charge on any atom is -0.490 e. The van der Waals surface area contributed by atoms with Crippen LogP contribution in [0.3, 0.4) is 0 Å². The third kappa shape index (κ3) is 8.01. The molecular weight excluding hydrogens is 790 g/mol. The van der Waals surface area contributed by atoms with Gasteiger partial charge in [0.15, 0.2) is 11.5 Å². The highest BCUT2D eigenvalue weighted by atomic mass is 79.9. The molecule has 6 rings (SSSR count). The molecule has 1 amide bonds. The number of carbonyl (C=O) groups is 1. The summed E-state index contributed by atoms with van der Waals surface area (Å²) in [6.45, 7) is 8.58. The van der Waals surface area contributed by atoms with Crippen molar-refractivity contribution >= 4 is 72.8 Å². The number of nitrogens with one attached hydrogen (secondary N) is 2. The summed E-state index contributed by atoms with van der Waals surface area (Å²) < 4.78 is 15.9. The topological polar surface area (TPSA) is 90.3 Å². The van der Waals surface area contributed by atoms with Crippen molar-refractivity contribution in [1.82, 2.24) is 14.8 Å². The van der Waals surface area contributed by atoms with Gasteiger partial charge in [0.05, 0.1) is 16.7 Å². The molecule has 0 radical (unpaired) electrons. The molecule has 5 aromatic rings. The zero-order valence-electron chi connectivity index (χ0n) is 27.3. The number of nitrogens with zero attached hydrogens (tertiary/aromatic N) is 3. The van der Waals surface area contributed by atoms with Gasteiger partial charge in [-0.25, -0.2) is 4.68 Å². The molecule has 2 heterocycles. The summed E-state index contributed by atoms with van der Waals surface area (Å²) in [7, 11) is 0. The number of benzene rings is 4. The van der Waals surface area contributed by atoms with Crippen LogP contribution in [-0.2, 0) is 17.2 Å². The molecule has 0 bridgehead atoms. The van der Waals surface area contributed by atoms with Gasteiger partial charge in [-0.3, -0.25) is 4.79 Å². The average molecular weight is 824 g/mol. The number of amides is 1. The first-order chi connectivity index (χ1) is 23.6. The lowest BCUT2D eigenvalue weighted by molar-refractivity contribution is -0.113. The van der Waals surface area contributed by atoms with Crippen molar-refractivity contribution in [3.8, 4) is 11.5 Å². The van der Waals surface area contributed by atoms with Gasteiger partial charge in [0.2, 0.25) is 11.1 Å². The Bertz CT molecular complexity index is 2070. The minimum absolute atomic E-state index is 0.252. The first-order valence-corrected chi connectivity index (χ1v) is 18.6. The summed E-state index contributed by atoms with van der Waals surface area (Å²) in [4.78, 5) is 19.1. The summed E-state index contributed by atoms with van der Waals surface area (Å²) >= 11 is 15.2. The molecule has 252 valence electrons. The largest absolute Gasteiger partial charge is 0.490 e. The minimum atomic E-state index is -0.640. The number of halogens is 3.